The van der Waals surface area contributed by atoms with Crippen molar-refractivity contribution in [1.29, 1.82) is 0 Å². The van der Waals surface area contributed by atoms with E-state index in [0.29, 0.717) is 5.82 Å². The fourth-order valence-corrected chi connectivity index (χ4v) is 2.89. The zero-order valence-corrected chi connectivity index (χ0v) is 11.5. The summed E-state index contributed by atoms with van der Waals surface area (Å²) in [5.41, 5.74) is 10.4. The Morgan fingerprint density at radius 1 is 0.905 bits per heavy atom. The van der Waals surface area contributed by atoms with Crippen LogP contribution in [0.1, 0.15) is 11.3 Å². The van der Waals surface area contributed by atoms with Crippen molar-refractivity contribution in [2.24, 2.45) is 0 Å². The standard InChI is InChI=1S/C18H15N3/c19-17-11-16-18(13-8-4-5-9-14(13)20-16)15(21-17)10-12-6-2-1-3-7-12/h1-9,11,20H,10H2,(H2,19,21). The zero-order chi connectivity index (χ0) is 14.2. The van der Waals surface area contributed by atoms with Crippen LogP contribution in [0.4, 0.5) is 5.82 Å². The number of nitrogens with one attached hydrogen (secondary N) is 1. The number of H-pyrrole nitrogens is 1. The van der Waals surface area contributed by atoms with Gasteiger partial charge in [-0.05, 0) is 11.6 Å². The number of anilines is 1. The van der Waals surface area contributed by atoms with Crippen LogP contribution < -0.4 is 5.73 Å². The Labute approximate surface area is 122 Å². The van der Waals surface area contributed by atoms with Gasteiger partial charge in [-0.15, -0.1) is 0 Å². The SMILES string of the molecule is Nc1cc2[nH]c3ccccc3c2c(Cc2ccccc2)n1. The fourth-order valence-electron chi connectivity index (χ4n) is 2.89. The van der Waals surface area contributed by atoms with Crippen LogP contribution in [0.2, 0.25) is 0 Å². The Hall–Kier alpha value is -2.81. The summed E-state index contributed by atoms with van der Waals surface area (Å²) in [5.74, 6) is 0.556. The first-order valence-electron chi connectivity index (χ1n) is 7.01. The number of nitrogen functional groups attached to an aromatic ring is 1. The van der Waals surface area contributed by atoms with Crippen LogP contribution >= 0.6 is 0 Å². The number of benzene rings is 2. The Kier molecular flexibility index (Phi) is 2.64. The molecule has 0 aliphatic heterocycles. The summed E-state index contributed by atoms with van der Waals surface area (Å²) in [6.45, 7) is 0. The second-order valence-corrected chi connectivity index (χ2v) is 5.25. The van der Waals surface area contributed by atoms with Gasteiger partial charge < -0.3 is 10.7 Å². The molecule has 4 aromatic rings. The molecule has 0 saturated heterocycles. The van der Waals surface area contributed by atoms with E-state index in [0.717, 1.165) is 23.1 Å². The summed E-state index contributed by atoms with van der Waals surface area (Å²) in [4.78, 5) is 8.00. The third-order valence-corrected chi connectivity index (χ3v) is 3.79. The molecular weight excluding hydrogens is 258 g/mol. The van der Waals surface area contributed by atoms with Crippen molar-refractivity contribution >= 4 is 27.6 Å². The Balaban J connectivity index is 1.98. The van der Waals surface area contributed by atoms with Crippen molar-refractivity contribution in [1.82, 2.24) is 9.97 Å². The highest BCUT2D eigenvalue weighted by atomic mass is 14.9. The van der Waals surface area contributed by atoms with E-state index in [9.17, 15) is 0 Å². The molecule has 0 fully saturated rings. The lowest BCUT2D eigenvalue weighted by molar-refractivity contribution is 1.11. The van der Waals surface area contributed by atoms with Crippen molar-refractivity contribution in [2.75, 3.05) is 5.73 Å². The minimum Gasteiger partial charge on any atom is -0.384 e. The fraction of sp³-hybridized carbons (Fsp3) is 0.0556. The summed E-state index contributed by atoms with van der Waals surface area (Å²) >= 11 is 0. The second kappa shape index (κ2) is 4.63. The molecule has 0 amide bonds. The molecular formula is C18H15N3. The molecule has 3 N–H and O–H groups in total. The van der Waals surface area contributed by atoms with E-state index in [1.165, 1.54) is 16.3 Å². The summed E-state index contributed by atoms with van der Waals surface area (Å²) in [6.07, 6.45) is 0.782. The van der Waals surface area contributed by atoms with E-state index in [2.05, 4.69) is 40.3 Å². The van der Waals surface area contributed by atoms with E-state index in [4.69, 9.17) is 5.73 Å². The molecule has 0 bridgehead atoms. The van der Waals surface area contributed by atoms with Crippen LogP contribution in [0.15, 0.2) is 60.7 Å². The largest absolute Gasteiger partial charge is 0.384 e. The summed E-state index contributed by atoms with van der Waals surface area (Å²) in [7, 11) is 0. The Morgan fingerprint density at radius 2 is 1.67 bits per heavy atom. The molecule has 2 aromatic carbocycles. The van der Waals surface area contributed by atoms with Gasteiger partial charge in [0.1, 0.15) is 5.82 Å². The van der Waals surface area contributed by atoms with Crippen LogP contribution in [0.25, 0.3) is 21.8 Å². The number of fused-ring (bicyclic) bond motifs is 3. The topological polar surface area (TPSA) is 54.7 Å². The molecule has 4 rings (SSSR count). The molecule has 21 heavy (non-hydrogen) atoms. The highest BCUT2D eigenvalue weighted by Gasteiger charge is 2.11. The normalized spacial score (nSPS) is 11.2. The van der Waals surface area contributed by atoms with Crippen molar-refractivity contribution in [3.05, 3.63) is 71.9 Å². The van der Waals surface area contributed by atoms with E-state index < -0.39 is 0 Å². The van der Waals surface area contributed by atoms with Crippen LogP contribution in [0.3, 0.4) is 0 Å². The van der Waals surface area contributed by atoms with Crippen LogP contribution in [0.5, 0.6) is 0 Å². The van der Waals surface area contributed by atoms with Crippen LogP contribution in [0, 0.1) is 0 Å². The molecule has 0 saturated carbocycles. The van der Waals surface area contributed by atoms with Gasteiger partial charge in [0.15, 0.2) is 0 Å². The number of rotatable bonds is 2. The lowest BCUT2D eigenvalue weighted by atomic mass is 10.0. The van der Waals surface area contributed by atoms with Gasteiger partial charge in [0, 0.05) is 28.8 Å². The Morgan fingerprint density at radius 3 is 2.52 bits per heavy atom. The van der Waals surface area contributed by atoms with Gasteiger partial charge in [-0.3, -0.25) is 0 Å². The van der Waals surface area contributed by atoms with Gasteiger partial charge >= 0.3 is 0 Å². The second-order valence-electron chi connectivity index (χ2n) is 5.25. The summed E-state index contributed by atoms with van der Waals surface area (Å²) < 4.78 is 0. The number of hydrogen-bond acceptors (Lipinski definition) is 2. The molecule has 2 heterocycles. The highest BCUT2D eigenvalue weighted by Crippen LogP contribution is 2.29. The first-order chi connectivity index (χ1) is 10.3. The third-order valence-electron chi connectivity index (χ3n) is 3.79. The summed E-state index contributed by atoms with van der Waals surface area (Å²) in [6, 6.07) is 20.6. The van der Waals surface area contributed by atoms with E-state index in [-0.39, 0.29) is 0 Å². The van der Waals surface area contributed by atoms with Gasteiger partial charge in [0.05, 0.1) is 11.2 Å². The average Bonchev–Trinajstić information content (AvgIpc) is 2.86. The van der Waals surface area contributed by atoms with Gasteiger partial charge in [-0.2, -0.15) is 0 Å². The van der Waals surface area contributed by atoms with Crippen LogP contribution in [-0.2, 0) is 6.42 Å². The molecule has 0 unspecified atom stereocenters. The van der Waals surface area contributed by atoms with E-state index >= 15 is 0 Å². The number of aromatic nitrogens is 2. The predicted octanol–water partition coefficient (Wildman–Crippen LogP) is 3.89. The molecule has 3 nitrogen and oxygen atoms in total. The summed E-state index contributed by atoms with van der Waals surface area (Å²) in [5, 5.41) is 2.37. The first kappa shape index (κ1) is 12.0. The monoisotopic (exact) mass is 273 g/mol. The number of aromatic amines is 1. The van der Waals surface area contributed by atoms with Crippen molar-refractivity contribution in [2.45, 2.75) is 6.42 Å². The number of nitrogens with two attached hydrogens (primary N) is 1. The molecule has 0 radical (unpaired) electrons. The van der Waals surface area contributed by atoms with Gasteiger partial charge in [0.25, 0.3) is 0 Å². The van der Waals surface area contributed by atoms with Crippen molar-refractivity contribution in [3.8, 4) is 0 Å². The molecule has 0 atom stereocenters. The zero-order valence-electron chi connectivity index (χ0n) is 11.5. The predicted molar refractivity (Wildman–Crippen MR) is 87.3 cm³/mol. The molecule has 102 valence electrons. The number of para-hydroxylation sites is 1. The Bertz CT molecular complexity index is 923. The molecule has 0 aliphatic rings. The van der Waals surface area contributed by atoms with Crippen molar-refractivity contribution in [3.63, 3.8) is 0 Å². The minimum atomic E-state index is 0.556. The quantitative estimate of drug-likeness (QED) is 0.582. The van der Waals surface area contributed by atoms with E-state index in [1.807, 2.05) is 30.3 Å². The van der Waals surface area contributed by atoms with Gasteiger partial charge in [-0.25, -0.2) is 4.98 Å². The molecule has 3 heteroatoms. The third kappa shape index (κ3) is 2.03. The number of nitrogens with zero attached hydrogens (tertiary/aromatic N) is 1. The maximum Gasteiger partial charge on any atom is 0.125 e. The van der Waals surface area contributed by atoms with Crippen molar-refractivity contribution < 1.29 is 0 Å². The molecule has 0 aliphatic carbocycles. The van der Waals surface area contributed by atoms with Crippen LogP contribution in [-0.4, -0.2) is 9.97 Å². The smallest absolute Gasteiger partial charge is 0.125 e. The maximum atomic E-state index is 5.97. The lowest BCUT2D eigenvalue weighted by Crippen LogP contribution is -1.98. The van der Waals surface area contributed by atoms with E-state index in [1.54, 1.807) is 0 Å². The number of hydrogen-bond donors (Lipinski definition) is 2. The average molecular weight is 273 g/mol. The maximum absolute atomic E-state index is 5.97. The van der Waals surface area contributed by atoms with Gasteiger partial charge in [-0.1, -0.05) is 48.5 Å². The highest BCUT2D eigenvalue weighted by molar-refractivity contribution is 6.09. The lowest BCUT2D eigenvalue weighted by Gasteiger charge is -2.05. The molecule has 0 spiro atoms. The van der Waals surface area contributed by atoms with Gasteiger partial charge in [0.2, 0.25) is 0 Å². The molecule has 2 aromatic heterocycles. The minimum absolute atomic E-state index is 0.556. The first-order valence-corrected chi connectivity index (χ1v) is 7.01. The number of pyridine rings is 1.